The minimum absolute atomic E-state index is 0.143. The van der Waals surface area contributed by atoms with Gasteiger partial charge in [-0.05, 0) is 36.6 Å². The molecule has 28 heavy (non-hydrogen) atoms. The van der Waals surface area contributed by atoms with Crippen molar-refractivity contribution < 1.29 is 13.3 Å². The molecule has 148 valence electrons. The predicted molar refractivity (Wildman–Crippen MR) is 106 cm³/mol. The number of aromatic nitrogens is 1. The molecule has 1 saturated heterocycles. The Morgan fingerprint density at radius 3 is 2.43 bits per heavy atom. The fourth-order valence-corrected chi connectivity index (χ4v) is 4.66. The second-order valence-electron chi connectivity index (χ2n) is 6.41. The maximum absolute atomic E-state index is 13.2. The molecule has 0 bridgehead atoms. The fraction of sp³-hybridized carbons (Fsp3) is 0.333. The van der Waals surface area contributed by atoms with Crippen molar-refractivity contribution in [2.45, 2.75) is 30.6 Å². The summed E-state index contributed by atoms with van der Waals surface area (Å²) >= 11 is 0. The van der Waals surface area contributed by atoms with Crippen LogP contribution in [0.5, 0.6) is 0 Å². The molecular formula is C18H21N5O4S. The lowest BCUT2D eigenvalue weighted by molar-refractivity contribution is -0.385. The van der Waals surface area contributed by atoms with Crippen LogP contribution in [0.15, 0.2) is 52.7 Å². The number of benzene rings is 1. The van der Waals surface area contributed by atoms with E-state index in [1.807, 2.05) is 0 Å². The highest BCUT2D eigenvalue weighted by Gasteiger charge is 2.29. The first-order valence-electron chi connectivity index (χ1n) is 8.96. The second-order valence-corrected chi connectivity index (χ2v) is 8.31. The molecule has 10 heteroatoms. The Morgan fingerprint density at radius 1 is 1.11 bits per heavy atom. The summed E-state index contributed by atoms with van der Waals surface area (Å²) in [6, 6.07) is 7.20. The molecule has 1 aromatic carbocycles. The van der Waals surface area contributed by atoms with E-state index in [0.717, 1.165) is 37.3 Å². The Morgan fingerprint density at radius 2 is 1.79 bits per heavy atom. The van der Waals surface area contributed by atoms with Gasteiger partial charge in [0.05, 0.1) is 16.8 Å². The Balaban J connectivity index is 1.93. The van der Waals surface area contributed by atoms with E-state index in [4.69, 9.17) is 0 Å². The molecule has 0 unspecified atom stereocenters. The summed E-state index contributed by atoms with van der Waals surface area (Å²) in [6.07, 6.45) is 8.25. The summed E-state index contributed by atoms with van der Waals surface area (Å²) in [7, 11) is -3.88. The number of anilines is 1. The lowest BCUT2D eigenvalue weighted by Gasteiger charge is -2.21. The lowest BCUT2D eigenvalue weighted by atomic mass is 10.2. The van der Waals surface area contributed by atoms with Crippen molar-refractivity contribution in [3.63, 3.8) is 0 Å². The van der Waals surface area contributed by atoms with E-state index in [-0.39, 0.29) is 16.3 Å². The van der Waals surface area contributed by atoms with Crippen molar-refractivity contribution in [2.24, 2.45) is 5.10 Å². The van der Waals surface area contributed by atoms with Crippen LogP contribution in [0.4, 0.5) is 11.4 Å². The molecule has 1 fully saturated rings. The van der Waals surface area contributed by atoms with E-state index in [1.54, 1.807) is 24.5 Å². The zero-order chi connectivity index (χ0) is 20.0. The number of hydrazone groups is 1. The van der Waals surface area contributed by atoms with E-state index in [9.17, 15) is 18.5 Å². The van der Waals surface area contributed by atoms with E-state index >= 15 is 0 Å². The third kappa shape index (κ3) is 4.70. The summed E-state index contributed by atoms with van der Waals surface area (Å²) in [4.78, 5) is 14.3. The van der Waals surface area contributed by atoms with E-state index in [1.165, 1.54) is 22.7 Å². The number of nitrogens with one attached hydrogen (secondary N) is 1. The standard InChI is InChI=1S/C18H21N5O4S/c24-23(25)16-5-6-17(21-20-14-15-7-9-19-10-8-15)18(13-16)28(26,27)22-11-3-1-2-4-12-22/h5-10,13-14,21H,1-4,11-12H2/b20-14-. The number of rotatable bonds is 6. The van der Waals surface area contributed by atoms with E-state index < -0.39 is 14.9 Å². The molecule has 0 aliphatic carbocycles. The van der Waals surface area contributed by atoms with Crippen LogP contribution in [0.1, 0.15) is 31.2 Å². The molecule has 0 atom stereocenters. The fourth-order valence-electron chi connectivity index (χ4n) is 2.98. The molecule has 2 heterocycles. The maximum Gasteiger partial charge on any atom is 0.270 e. The van der Waals surface area contributed by atoms with Crippen LogP contribution in [-0.4, -0.2) is 41.9 Å². The number of nitrogens with zero attached hydrogens (tertiary/aromatic N) is 4. The highest BCUT2D eigenvalue weighted by Crippen LogP contribution is 2.30. The van der Waals surface area contributed by atoms with Crippen LogP contribution in [-0.2, 0) is 10.0 Å². The number of non-ortho nitro benzene ring substituents is 1. The quantitative estimate of drug-likeness (QED) is 0.450. The van der Waals surface area contributed by atoms with Crippen molar-refractivity contribution in [1.29, 1.82) is 0 Å². The number of hydrogen-bond acceptors (Lipinski definition) is 7. The van der Waals surface area contributed by atoms with Crippen molar-refractivity contribution in [3.8, 4) is 0 Å². The molecule has 1 N–H and O–H groups in total. The Bertz CT molecular complexity index is 955. The minimum Gasteiger partial charge on any atom is -0.277 e. The first-order valence-corrected chi connectivity index (χ1v) is 10.4. The maximum atomic E-state index is 13.2. The van der Waals surface area contributed by atoms with Crippen molar-refractivity contribution in [3.05, 3.63) is 58.4 Å². The molecule has 9 nitrogen and oxygen atoms in total. The van der Waals surface area contributed by atoms with Gasteiger partial charge >= 0.3 is 0 Å². The van der Waals surface area contributed by atoms with Crippen LogP contribution in [0.25, 0.3) is 0 Å². The van der Waals surface area contributed by atoms with Gasteiger partial charge < -0.3 is 0 Å². The van der Waals surface area contributed by atoms with Crippen LogP contribution in [0.2, 0.25) is 0 Å². The van der Waals surface area contributed by atoms with Crippen LogP contribution >= 0.6 is 0 Å². The van der Waals surface area contributed by atoms with Crippen molar-refractivity contribution in [2.75, 3.05) is 18.5 Å². The Labute approximate surface area is 163 Å². The molecular weight excluding hydrogens is 382 g/mol. The SMILES string of the molecule is O=[N+]([O-])c1ccc(N/N=C\c2ccncc2)c(S(=O)(=O)N2CCCCCC2)c1. The smallest absolute Gasteiger partial charge is 0.270 e. The van der Waals surface area contributed by atoms with Gasteiger partial charge in [0.2, 0.25) is 10.0 Å². The number of pyridine rings is 1. The monoisotopic (exact) mass is 403 g/mol. The molecule has 0 spiro atoms. The molecule has 0 radical (unpaired) electrons. The van der Waals surface area contributed by atoms with Gasteiger partial charge in [-0.3, -0.25) is 20.5 Å². The van der Waals surface area contributed by atoms with Gasteiger partial charge in [0, 0.05) is 37.6 Å². The highest BCUT2D eigenvalue weighted by molar-refractivity contribution is 7.89. The normalized spacial score (nSPS) is 16.0. The molecule has 1 aliphatic heterocycles. The number of nitro groups is 1. The molecule has 3 rings (SSSR count). The molecule has 0 saturated carbocycles. The highest BCUT2D eigenvalue weighted by atomic mass is 32.2. The van der Waals surface area contributed by atoms with E-state index in [0.29, 0.717) is 13.1 Å². The van der Waals surface area contributed by atoms with Crippen molar-refractivity contribution in [1.82, 2.24) is 9.29 Å². The summed E-state index contributed by atoms with van der Waals surface area (Å²) in [6.45, 7) is 0.815. The topological polar surface area (TPSA) is 118 Å². The summed E-state index contributed by atoms with van der Waals surface area (Å²) < 4.78 is 27.7. The summed E-state index contributed by atoms with van der Waals surface area (Å²) in [5, 5.41) is 15.2. The second kappa shape index (κ2) is 8.89. The van der Waals surface area contributed by atoms with Gasteiger partial charge in [0.15, 0.2) is 0 Å². The summed E-state index contributed by atoms with van der Waals surface area (Å²) in [5.41, 5.74) is 3.40. The Hall–Kier alpha value is -2.85. The van der Waals surface area contributed by atoms with Crippen LogP contribution in [0, 0.1) is 10.1 Å². The van der Waals surface area contributed by atoms with Gasteiger partial charge in [-0.1, -0.05) is 12.8 Å². The Kier molecular flexibility index (Phi) is 6.32. The van der Waals surface area contributed by atoms with Crippen molar-refractivity contribution >= 4 is 27.6 Å². The lowest BCUT2D eigenvalue weighted by Crippen LogP contribution is -2.32. The van der Waals surface area contributed by atoms with Gasteiger partial charge in [0.1, 0.15) is 4.90 Å². The van der Waals surface area contributed by atoms with Crippen LogP contribution < -0.4 is 5.43 Å². The van der Waals surface area contributed by atoms with Gasteiger partial charge in [-0.2, -0.15) is 9.41 Å². The predicted octanol–water partition coefficient (Wildman–Crippen LogP) is 3.00. The number of hydrogen-bond donors (Lipinski definition) is 1. The summed E-state index contributed by atoms with van der Waals surface area (Å²) in [5.74, 6) is 0. The average Bonchev–Trinajstić information content (AvgIpc) is 2.99. The van der Waals surface area contributed by atoms with Gasteiger partial charge in [-0.25, -0.2) is 8.42 Å². The zero-order valence-corrected chi connectivity index (χ0v) is 16.0. The van der Waals surface area contributed by atoms with Gasteiger partial charge in [-0.15, -0.1) is 0 Å². The van der Waals surface area contributed by atoms with Crippen LogP contribution in [0.3, 0.4) is 0 Å². The molecule has 1 aromatic heterocycles. The number of sulfonamides is 1. The third-order valence-electron chi connectivity index (χ3n) is 4.46. The number of nitro benzene ring substituents is 1. The largest absolute Gasteiger partial charge is 0.277 e. The van der Waals surface area contributed by atoms with Gasteiger partial charge in [0.25, 0.3) is 5.69 Å². The third-order valence-corrected chi connectivity index (χ3v) is 6.40. The average molecular weight is 403 g/mol. The first-order chi connectivity index (χ1) is 13.5. The molecule has 1 aliphatic rings. The minimum atomic E-state index is -3.88. The molecule has 2 aromatic rings. The molecule has 0 amide bonds. The first kappa shape index (κ1) is 19.9. The zero-order valence-electron chi connectivity index (χ0n) is 15.2. The van der Waals surface area contributed by atoms with E-state index in [2.05, 4.69) is 15.5 Å².